The van der Waals surface area contributed by atoms with Crippen molar-refractivity contribution in [3.63, 3.8) is 0 Å². The number of carboxylic acid groups (broad SMARTS) is 2. The van der Waals surface area contributed by atoms with Crippen LogP contribution in [-0.4, -0.2) is 83.8 Å². The minimum absolute atomic E-state index is 0.248. The Morgan fingerprint density at radius 3 is 1.86 bits per heavy atom. The molecule has 0 radical (unpaired) electrons. The van der Waals surface area contributed by atoms with Gasteiger partial charge in [-0.05, 0) is 56.3 Å². The zero-order valence-corrected chi connectivity index (χ0v) is 18.8. The molecule has 1 saturated heterocycles. The van der Waals surface area contributed by atoms with E-state index in [0.717, 1.165) is 19.0 Å². The number of anilines is 1. The number of halogens is 6. The molecule has 1 saturated carbocycles. The van der Waals surface area contributed by atoms with Gasteiger partial charge >= 0.3 is 24.3 Å². The summed E-state index contributed by atoms with van der Waals surface area (Å²) in [6.07, 6.45) is -4.71. The number of carboxylic acids is 2. The van der Waals surface area contributed by atoms with Gasteiger partial charge < -0.3 is 25.1 Å². The Morgan fingerprint density at radius 1 is 0.943 bits per heavy atom. The van der Waals surface area contributed by atoms with Gasteiger partial charge in [-0.2, -0.15) is 26.3 Å². The van der Waals surface area contributed by atoms with Crippen LogP contribution in [0.25, 0.3) is 0 Å². The quantitative estimate of drug-likeness (QED) is 0.529. The maximum absolute atomic E-state index is 10.6. The fraction of sp³-hybridized carbons (Fsp3) is 0.636. The highest BCUT2D eigenvalue weighted by Gasteiger charge is 2.44. The van der Waals surface area contributed by atoms with Gasteiger partial charge in [0.05, 0.1) is 6.61 Å². The Balaban J connectivity index is 0.000000257. The number of benzene rings is 1. The van der Waals surface area contributed by atoms with E-state index < -0.39 is 24.3 Å². The first-order chi connectivity index (χ1) is 16.2. The zero-order chi connectivity index (χ0) is 26.4. The lowest BCUT2D eigenvalue weighted by Crippen LogP contribution is -2.46. The Labute approximate surface area is 197 Å². The molecule has 0 bridgehead atoms. The third kappa shape index (κ3) is 8.27. The Morgan fingerprint density at radius 2 is 1.43 bits per heavy atom. The number of rotatable bonds is 4. The largest absolute Gasteiger partial charge is 0.490 e. The highest BCUT2D eigenvalue weighted by atomic mass is 19.4. The van der Waals surface area contributed by atoms with E-state index in [1.807, 2.05) is 0 Å². The normalized spacial score (nSPS) is 19.2. The van der Waals surface area contributed by atoms with Crippen molar-refractivity contribution >= 4 is 17.6 Å². The van der Waals surface area contributed by atoms with E-state index in [9.17, 15) is 31.4 Å². The van der Waals surface area contributed by atoms with E-state index in [0.29, 0.717) is 5.41 Å². The molecule has 0 unspecified atom stereocenters. The van der Waals surface area contributed by atoms with E-state index in [-0.39, 0.29) is 6.61 Å². The van der Waals surface area contributed by atoms with Gasteiger partial charge in [0.2, 0.25) is 0 Å². The number of nitrogens with zero attached hydrogens (tertiary/aromatic N) is 2. The summed E-state index contributed by atoms with van der Waals surface area (Å²) in [5.41, 5.74) is 3.23. The van der Waals surface area contributed by atoms with Crippen LogP contribution in [0, 0.1) is 5.92 Å². The van der Waals surface area contributed by atoms with Crippen molar-refractivity contribution in [3.05, 3.63) is 29.8 Å². The predicted octanol–water partition coefficient (Wildman–Crippen LogP) is 3.51. The number of hydrogen-bond donors (Lipinski definition) is 3. The van der Waals surface area contributed by atoms with Crippen LogP contribution in [0.3, 0.4) is 0 Å². The minimum atomic E-state index is -5.08. The number of carbonyl (C=O) groups is 2. The van der Waals surface area contributed by atoms with Crippen LogP contribution in [0.5, 0.6) is 0 Å². The maximum atomic E-state index is 10.6. The molecule has 1 aliphatic carbocycles. The summed E-state index contributed by atoms with van der Waals surface area (Å²) in [6.45, 7) is 5.95. The van der Waals surface area contributed by atoms with Gasteiger partial charge in [-0.3, -0.25) is 0 Å². The van der Waals surface area contributed by atoms with E-state index >= 15 is 0 Å². The van der Waals surface area contributed by atoms with Gasteiger partial charge in [-0.25, -0.2) is 9.59 Å². The van der Waals surface area contributed by atoms with Crippen LogP contribution in [0.1, 0.15) is 31.2 Å². The molecule has 1 aromatic carbocycles. The fourth-order valence-corrected chi connectivity index (χ4v) is 4.31. The van der Waals surface area contributed by atoms with Crippen LogP contribution in [0.15, 0.2) is 24.3 Å². The second-order valence-corrected chi connectivity index (χ2v) is 8.79. The number of β-amino-alcohol motifs (C(OH)–C–C–N with tert-alkyl or cyclic N) is 1. The highest BCUT2D eigenvalue weighted by Crippen LogP contribution is 2.47. The number of hydrogen-bond acceptors (Lipinski definition) is 5. The van der Waals surface area contributed by atoms with Crippen molar-refractivity contribution in [2.24, 2.45) is 5.92 Å². The summed E-state index contributed by atoms with van der Waals surface area (Å²) in [6, 6.07) is 8.86. The van der Waals surface area contributed by atoms with Crippen LogP contribution in [0.4, 0.5) is 32.0 Å². The van der Waals surface area contributed by atoms with Gasteiger partial charge in [0.25, 0.3) is 0 Å². The molecule has 1 aromatic rings. The van der Waals surface area contributed by atoms with E-state index in [1.54, 1.807) is 0 Å². The summed E-state index contributed by atoms with van der Waals surface area (Å²) in [7, 11) is 0. The molecule has 2 aliphatic heterocycles. The van der Waals surface area contributed by atoms with Gasteiger partial charge in [0, 0.05) is 30.7 Å². The lowest BCUT2D eigenvalue weighted by atomic mass is 9.74. The number of piperidine rings is 1. The summed E-state index contributed by atoms with van der Waals surface area (Å²) in [5.74, 6) is -4.51. The van der Waals surface area contributed by atoms with Crippen LogP contribution >= 0.6 is 0 Å². The van der Waals surface area contributed by atoms with Crippen LogP contribution in [0.2, 0.25) is 0 Å². The molecule has 2 fully saturated rings. The molecule has 198 valence electrons. The van der Waals surface area contributed by atoms with Crippen LogP contribution < -0.4 is 4.90 Å². The Kier molecular flexibility index (Phi) is 9.40. The summed E-state index contributed by atoms with van der Waals surface area (Å²) < 4.78 is 63.5. The van der Waals surface area contributed by atoms with Gasteiger partial charge in [0.1, 0.15) is 0 Å². The average molecular weight is 514 g/mol. The smallest absolute Gasteiger partial charge is 0.475 e. The predicted molar refractivity (Wildman–Crippen MR) is 113 cm³/mol. The first kappa shape index (κ1) is 28.7. The van der Waals surface area contributed by atoms with Crippen molar-refractivity contribution in [3.8, 4) is 0 Å². The molecule has 0 aromatic heterocycles. The molecule has 2 heterocycles. The van der Waals surface area contributed by atoms with Crippen LogP contribution in [-0.2, 0) is 15.0 Å². The molecule has 3 N–H and O–H groups in total. The number of para-hydroxylation sites is 1. The highest BCUT2D eigenvalue weighted by molar-refractivity contribution is 5.73. The van der Waals surface area contributed by atoms with Gasteiger partial charge in [0.15, 0.2) is 0 Å². The molecule has 35 heavy (non-hydrogen) atoms. The number of aliphatic hydroxyl groups excluding tert-OH is 1. The van der Waals surface area contributed by atoms with Gasteiger partial charge in [-0.15, -0.1) is 0 Å². The summed E-state index contributed by atoms with van der Waals surface area (Å²) in [5, 5.41) is 23.6. The Bertz CT molecular complexity index is 841. The van der Waals surface area contributed by atoms with Crippen molar-refractivity contribution in [1.29, 1.82) is 0 Å². The number of likely N-dealkylation sites (tertiary alicyclic amines) is 1. The van der Waals surface area contributed by atoms with Crippen molar-refractivity contribution in [1.82, 2.24) is 4.90 Å². The molecule has 0 amide bonds. The molecule has 0 atom stereocenters. The molecular weight excluding hydrogens is 486 g/mol. The van der Waals surface area contributed by atoms with Crippen molar-refractivity contribution in [2.75, 3.05) is 44.2 Å². The molecule has 3 aliphatic rings. The lowest BCUT2D eigenvalue weighted by molar-refractivity contribution is -0.193. The first-order valence-electron chi connectivity index (χ1n) is 11.0. The van der Waals surface area contributed by atoms with E-state index in [2.05, 4.69) is 34.1 Å². The first-order valence-corrected chi connectivity index (χ1v) is 11.0. The molecule has 1 spiro atoms. The number of aliphatic carboxylic acids is 2. The third-order valence-electron chi connectivity index (χ3n) is 6.19. The second kappa shape index (κ2) is 11.5. The minimum Gasteiger partial charge on any atom is -0.475 e. The SMILES string of the molecule is O=C(O)C(F)(F)F.O=C(O)C(F)(F)F.OCCN1CC2(CCN(CC3CC3)CC2)c2ccccc21. The second-order valence-electron chi connectivity index (χ2n) is 8.79. The van der Waals surface area contributed by atoms with Crippen molar-refractivity contribution < 1.29 is 51.3 Å². The molecule has 4 rings (SSSR count). The Hall–Kier alpha value is -2.54. The number of alkyl halides is 6. The topological polar surface area (TPSA) is 101 Å². The van der Waals surface area contributed by atoms with E-state index in [4.69, 9.17) is 19.8 Å². The van der Waals surface area contributed by atoms with Gasteiger partial charge in [-0.1, -0.05) is 18.2 Å². The maximum Gasteiger partial charge on any atom is 0.490 e. The number of fused-ring (bicyclic) bond motifs is 2. The van der Waals surface area contributed by atoms with Crippen molar-refractivity contribution in [2.45, 2.75) is 43.5 Å². The number of aliphatic hydroxyl groups is 1. The molecule has 13 heteroatoms. The summed E-state index contributed by atoms with van der Waals surface area (Å²) >= 11 is 0. The zero-order valence-electron chi connectivity index (χ0n) is 18.8. The summed E-state index contributed by atoms with van der Waals surface area (Å²) in [4.78, 5) is 22.9. The average Bonchev–Trinajstić information content (AvgIpc) is 3.53. The fourth-order valence-electron chi connectivity index (χ4n) is 4.31. The molecular formula is C22H28F6N2O5. The monoisotopic (exact) mass is 514 g/mol. The van der Waals surface area contributed by atoms with E-state index in [1.165, 1.54) is 56.6 Å². The lowest BCUT2D eigenvalue weighted by Gasteiger charge is -2.40. The molecule has 7 nitrogen and oxygen atoms in total. The standard InChI is InChI=1S/C18H26N2O.2C2HF3O2/c21-12-11-20-14-18(16-3-1-2-4-17(16)20)7-9-19(10-8-18)13-15-5-6-15;2*3-2(4,5)1(6)7/h1-4,15,21H,5-14H2;2*(H,6,7). The third-order valence-corrected chi connectivity index (χ3v) is 6.19.